The fourth-order valence-corrected chi connectivity index (χ4v) is 3.06. The lowest BCUT2D eigenvalue weighted by Gasteiger charge is -2.14. The molecule has 2 aromatic rings. The Morgan fingerprint density at radius 2 is 2.00 bits per heavy atom. The van der Waals surface area contributed by atoms with Crippen molar-refractivity contribution in [2.45, 2.75) is 20.8 Å². The molecule has 23 heavy (non-hydrogen) atoms. The summed E-state index contributed by atoms with van der Waals surface area (Å²) in [6.07, 6.45) is 0. The van der Waals surface area contributed by atoms with E-state index in [0.29, 0.717) is 23.7 Å². The second-order valence-corrected chi connectivity index (χ2v) is 6.29. The molecule has 0 aliphatic rings. The highest BCUT2D eigenvalue weighted by atomic mass is 127. The largest absolute Gasteiger partial charge is 0.492 e. The normalized spacial score (nSPS) is 10.3. The van der Waals surface area contributed by atoms with Crippen LogP contribution >= 0.6 is 22.6 Å². The third-order valence-corrected chi connectivity index (χ3v) is 4.43. The first-order valence-electron chi connectivity index (χ1n) is 7.35. The summed E-state index contributed by atoms with van der Waals surface area (Å²) in [4.78, 5) is 12.6. The highest BCUT2D eigenvalue weighted by Crippen LogP contribution is 2.34. The second kappa shape index (κ2) is 7.68. The van der Waals surface area contributed by atoms with E-state index in [9.17, 15) is 4.79 Å². The minimum Gasteiger partial charge on any atom is -0.492 e. The van der Waals surface area contributed by atoms with E-state index >= 15 is 0 Å². The molecule has 0 atom stereocenters. The van der Waals surface area contributed by atoms with Gasteiger partial charge in [-0.2, -0.15) is 0 Å². The lowest BCUT2D eigenvalue weighted by atomic mass is 10.1. The van der Waals surface area contributed by atoms with Gasteiger partial charge < -0.3 is 14.8 Å². The van der Waals surface area contributed by atoms with Crippen LogP contribution in [0.5, 0.6) is 11.5 Å². The average molecular weight is 425 g/mol. The number of hydrogen-bond donors (Lipinski definition) is 1. The number of halogens is 1. The molecule has 0 spiro atoms. The second-order valence-electron chi connectivity index (χ2n) is 5.12. The molecule has 0 radical (unpaired) electrons. The van der Waals surface area contributed by atoms with Crippen molar-refractivity contribution in [3.05, 3.63) is 50.6 Å². The Morgan fingerprint density at radius 1 is 1.26 bits per heavy atom. The van der Waals surface area contributed by atoms with Gasteiger partial charge in [0.25, 0.3) is 5.91 Å². The molecule has 122 valence electrons. The summed E-state index contributed by atoms with van der Waals surface area (Å²) in [7, 11) is 1.59. The van der Waals surface area contributed by atoms with Gasteiger partial charge >= 0.3 is 0 Å². The minimum absolute atomic E-state index is 0.166. The lowest BCUT2D eigenvalue weighted by molar-refractivity contribution is 0.102. The van der Waals surface area contributed by atoms with Gasteiger partial charge in [-0.15, -0.1) is 0 Å². The maximum atomic E-state index is 12.6. The van der Waals surface area contributed by atoms with Crippen LogP contribution in [-0.2, 0) is 0 Å². The van der Waals surface area contributed by atoms with Gasteiger partial charge in [-0.25, -0.2) is 0 Å². The van der Waals surface area contributed by atoms with E-state index in [1.165, 1.54) is 0 Å². The van der Waals surface area contributed by atoms with Crippen LogP contribution in [-0.4, -0.2) is 19.6 Å². The first-order chi connectivity index (χ1) is 11.0. The number of amides is 1. The Hall–Kier alpha value is -1.76. The van der Waals surface area contributed by atoms with Crippen molar-refractivity contribution in [2.75, 3.05) is 19.0 Å². The minimum atomic E-state index is -0.166. The van der Waals surface area contributed by atoms with Gasteiger partial charge in [0.2, 0.25) is 0 Å². The van der Waals surface area contributed by atoms with Crippen molar-refractivity contribution >= 4 is 34.2 Å². The molecule has 2 aromatic carbocycles. The number of methoxy groups -OCH3 is 1. The third kappa shape index (κ3) is 3.96. The number of hydrogen-bond acceptors (Lipinski definition) is 3. The molecule has 4 nitrogen and oxygen atoms in total. The first kappa shape index (κ1) is 17.6. The van der Waals surface area contributed by atoms with Gasteiger partial charge in [-0.3, -0.25) is 4.79 Å². The summed E-state index contributed by atoms with van der Waals surface area (Å²) in [6.45, 7) is 6.42. The van der Waals surface area contributed by atoms with Crippen molar-refractivity contribution in [3.8, 4) is 11.5 Å². The quantitative estimate of drug-likeness (QED) is 0.715. The number of anilines is 1. The van der Waals surface area contributed by atoms with Crippen molar-refractivity contribution in [1.29, 1.82) is 0 Å². The fraction of sp³-hybridized carbons (Fsp3) is 0.278. The molecule has 0 aliphatic carbocycles. The maximum absolute atomic E-state index is 12.6. The zero-order valence-electron chi connectivity index (χ0n) is 13.7. The smallest absolute Gasteiger partial charge is 0.255 e. The molecule has 0 saturated heterocycles. The number of benzene rings is 2. The van der Waals surface area contributed by atoms with E-state index in [0.717, 1.165) is 20.4 Å². The zero-order chi connectivity index (χ0) is 17.0. The Morgan fingerprint density at radius 3 is 2.65 bits per heavy atom. The van der Waals surface area contributed by atoms with E-state index < -0.39 is 0 Å². The van der Waals surface area contributed by atoms with Gasteiger partial charge in [0.15, 0.2) is 11.5 Å². The molecular weight excluding hydrogens is 405 g/mol. The van der Waals surface area contributed by atoms with Crippen LogP contribution in [0.1, 0.15) is 28.4 Å². The Balaban J connectivity index is 2.34. The predicted molar refractivity (Wildman–Crippen MR) is 101 cm³/mol. The van der Waals surface area contributed by atoms with Gasteiger partial charge in [0.05, 0.1) is 17.3 Å². The average Bonchev–Trinajstić information content (AvgIpc) is 2.52. The number of nitrogens with one attached hydrogen (secondary N) is 1. The summed E-state index contributed by atoms with van der Waals surface area (Å²) in [5, 5.41) is 2.96. The SMILES string of the molecule is CCOc1cc(C(=O)Nc2cccc(C)c2C)cc(I)c1OC. The van der Waals surface area contributed by atoms with Gasteiger partial charge in [0, 0.05) is 11.3 Å². The maximum Gasteiger partial charge on any atom is 0.255 e. The van der Waals surface area contributed by atoms with Crippen LogP contribution in [0.4, 0.5) is 5.69 Å². The first-order valence-corrected chi connectivity index (χ1v) is 8.43. The molecule has 1 amide bonds. The molecule has 0 saturated carbocycles. The van der Waals surface area contributed by atoms with E-state index in [1.807, 2.05) is 39.0 Å². The van der Waals surface area contributed by atoms with Crippen LogP contribution < -0.4 is 14.8 Å². The van der Waals surface area contributed by atoms with Crippen LogP contribution in [0, 0.1) is 17.4 Å². The van der Waals surface area contributed by atoms with E-state index in [-0.39, 0.29) is 5.91 Å². The highest BCUT2D eigenvalue weighted by molar-refractivity contribution is 14.1. The molecule has 0 aliphatic heterocycles. The topological polar surface area (TPSA) is 47.6 Å². The lowest BCUT2D eigenvalue weighted by Crippen LogP contribution is -2.14. The van der Waals surface area contributed by atoms with Crippen LogP contribution in [0.3, 0.4) is 0 Å². The molecule has 5 heteroatoms. The van der Waals surface area contributed by atoms with Gasteiger partial charge in [-0.05, 0) is 72.7 Å². The number of carbonyl (C=O) groups is 1. The van der Waals surface area contributed by atoms with Crippen LogP contribution in [0.25, 0.3) is 0 Å². The molecule has 0 bridgehead atoms. The van der Waals surface area contributed by atoms with E-state index in [2.05, 4.69) is 27.9 Å². The molecule has 0 unspecified atom stereocenters. The Kier molecular flexibility index (Phi) is 5.87. The summed E-state index contributed by atoms with van der Waals surface area (Å²) in [5.74, 6) is 1.06. The van der Waals surface area contributed by atoms with Crippen LogP contribution in [0.15, 0.2) is 30.3 Å². The molecule has 0 heterocycles. The number of carbonyl (C=O) groups excluding carboxylic acids is 1. The molecule has 0 aromatic heterocycles. The third-order valence-electron chi connectivity index (χ3n) is 3.63. The van der Waals surface area contributed by atoms with Crippen LogP contribution in [0.2, 0.25) is 0 Å². The van der Waals surface area contributed by atoms with Crippen molar-refractivity contribution in [1.82, 2.24) is 0 Å². The molecule has 2 rings (SSSR count). The van der Waals surface area contributed by atoms with E-state index in [4.69, 9.17) is 9.47 Å². The molecule has 1 N–H and O–H groups in total. The van der Waals surface area contributed by atoms with Crippen molar-refractivity contribution in [2.24, 2.45) is 0 Å². The standard InChI is InChI=1S/C18H20INO3/c1-5-23-16-10-13(9-14(19)17(16)22-4)18(21)20-15-8-6-7-11(2)12(15)3/h6-10H,5H2,1-4H3,(H,20,21). The van der Waals surface area contributed by atoms with Crippen molar-refractivity contribution < 1.29 is 14.3 Å². The summed E-state index contributed by atoms with van der Waals surface area (Å²) in [6, 6.07) is 9.36. The monoisotopic (exact) mass is 425 g/mol. The summed E-state index contributed by atoms with van der Waals surface area (Å²) < 4.78 is 11.8. The summed E-state index contributed by atoms with van der Waals surface area (Å²) >= 11 is 2.14. The van der Waals surface area contributed by atoms with E-state index in [1.54, 1.807) is 19.2 Å². The zero-order valence-corrected chi connectivity index (χ0v) is 15.9. The Bertz CT molecular complexity index is 728. The number of ether oxygens (including phenoxy) is 2. The fourth-order valence-electron chi connectivity index (χ4n) is 2.24. The summed E-state index contributed by atoms with van der Waals surface area (Å²) in [5.41, 5.74) is 3.56. The predicted octanol–water partition coefficient (Wildman–Crippen LogP) is 4.57. The Labute approximate surface area is 150 Å². The molecule has 0 fully saturated rings. The van der Waals surface area contributed by atoms with Gasteiger partial charge in [-0.1, -0.05) is 12.1 Å². The van der Waals surface area contributed by atoms with Gasteiger partial charge in [0.1, 0.15) is 0 Å². The number of rotatable bonds is 5. The van der Waals surface area contributed by atoms with Crippen molar-refractivity contribution in [3.63, 3.8) is 0 Å². The number of aryl methyl sites for hydroxylation is 1. The highest BCUT2D eigenvalue weighted by Gasteiger charge is 2.16. The molecular formula is C18H20INO3.